The number of hydrogen-bond donors (Lipinski definition) is 0. The van der Waals surface area contributed by atoms with Crippen LogP contribution >= 0.6 is 0 Å². The van der Waals surface area contributed by atoms with Crippen LogP contribution in [0.25, 0.3) is 0 Å². The number of ether oxygens (including phenoxy) is 3. The lowest BCUT2D eigenvalue weighted by atomic mass is 10.2. The Balaban J connectivity index is 3.19. The predicted molar refractivity (Wildman–Crippen MR) is 48.4 cm³/mol. The Labute approximate surface area is 75.0 Å². The van der Waals surface area contributed by atoms with E-state index in [1.54, 1.807) is 14.2 Å². The fraction of sp³-hybridized carbons (Fsp3) is 1.00. The van der Waals surface area contributed by atoms with E-state index in [-0.39, 0.29) is 6.10 Å². The Morgan fingerprint density at radius 3 is 2.42 bits per heavy atom. The summed E-state index contributed by atoms with van der Waals surface area (Å²) in [5, 5.41) is 0. The molecule has 0 amide bonds. The van der Waals surface area contributed by atoms with Crippen molar-refractivity contribution in [3.8, 4) is 0 Å². The molecular formula is C9H20O3. The van der Waals surface area contributed by atoms with Crippen LogP contribution < -0.4 is 0 Å². The molecule has 0 N–H and O–H groups in total. The van der Waals surface area contributed by atoms with E-state index in [4.69, 9.17) is 14.2 Å². The number of hydrogen-bond acceptors (Lipinski definition) is 3. The number of rotatable bonds is 8. The van der Waals surface area contributed by atoms with E-state index >= 15 is 0 Å². The molecule has 0 aliphatic rings. The summed E-state index contributed by atoms with van der Waals surface area (Å²) in [6.07, 6.45) is 2.43. The first-order chi connectivity index (χ1) is 5.85. The molecule has 1 atom stereocenters. The summed E-state index contributed by atoms with van der Waals surface area (Å²) in [7, 11) is 3.39. The Hall–Kier alpha value is -0.120. The maximum Gasteiger partial charge on any atom is 0.0804 e. The van der Waals surface area contributed by atoms with Crippen LogP contribution in [0.3, 0.4) is 0 Å². The molecule has 3 heteroatoms. The molecule has 1 unspecified atom stereocenters. The molecule has 0 bridgehead atoms. The van der Waals surface area contributed by atoms with Crippen molar-refractivity contribution in [1.29, 1.82) is 0 Å². The maximum absolute atomic E-state index is 5.33. The average Bonchev–Trinajstić information content (AvgIpc) is 2.10. The van der Waals surface area contributed by atoms with E-state index in [0.29, 0.717) is 19.8 Å². The summed E-state index contributed by atoms with van der Waals surface area (Å²) in [6.45, 7) is 4.12. The summed E-state index contributed by atoms with van der Waals surface area (Å²) in [6, 6.07) is 0. The van der Waals surface area contributed by atoms with Crippen LogP contribution in [0.5, 0.6) is 0 Å². The normalized spacial score (nSPS) is 13.2. The van der Waals surface area contributed by atoms with Gasteiger partial charge in [-0.15, -0.1) is 0 Å². The third-order valence-corrected chi connectivity index (χ3v) is 1.68. The van der Waals surface area contributed by atoms with Gasteiger partial charge in [0.2, 0.25) is 0 Å². The molecule has 74 valence electrons. The molecule has 0 aromatic carbocycles. The predicted octanol–water partition coefficient (Wildman–Crippen LogP) is 1.46. The van der Waals surface area contributed by atoms with Gasteiger partial charge in [0.1, 0.15) is 0 Å². The summed E-state index contributed by atoms with van der Waals surface area (Å²) >= 11 is 0. The second kappa shape index (κ2) is 8.97. The lowest BCUT2D eigenvalue weighted by Crippen LogP contribution is -2.19. The first-order valence-electron chi connectivity index (χ1n) is 4.44. The van der Waals surface area contributed by atoms with Crippen LogP contribution in [0.4, 0.5) is 0 Å². The fourth-order valence-corrected chi connectivity index (χ4v) is 0.948. The largest absolute Gasteiger partial charge is 0.382 e. The summed E-state index contributed by atoms with van der Waals surface area (Å²) < 4.78 is 15.4. The van der Waals surface area contributed by atoms with Gasteiger partial charge in [0.15, 0.2) is 0 Å². The Bertz CT molecular complexity index is 85.8. The van der Waals surface area contributed by atoms with Crippen molar-refractivity contribution in [2.24, 2.45) is 0 Å². The Kier molecular flexibility index (Phi) is 8.88. The molecule has 0 radical (unpaired) electrons. The third-order valence-electron chi connectivity index (χ3n) is 1.68. The highest BCUT2D eigenvalue weighted by Gasteiger charge is 2.04. The Morgan fingerprint density at radius 1 is 1.17 bits per heavy atom. The molecule has 0 saturated heterocycles. The molecule has 0 aliphatic carbocycles. The molecule has 0 fully saturated rings. The van der Waals surface area contributed by atoms with Crippen molar-refractivity contribution in [2.45, 2.75) is 25.9 Å². The summed E-state index contributed by atoms with van der Waals surface area (Å²) in [4.78, 5) is 0. The minimum Gasteiger partial charge on any atom is -0.382 e. The molecule has 0 aliphatic heterocycles. The van der Waals surface area contributed by atoms with Gasteiger partial charge in [-0.3, -0.25) is 0 Å². The lowest BCUT2D eigenvalue weighted by molar-refractivity contribution is -0.0105. The second-order valence-electron chi connectivity index (χ2n) is 2.71. The van der Waals surface area contributed by atoms with Gasteiger partial charge in [-0.05, 0) is 6.42 Å². The van der Waals surface area contributed by atoms with Crippen molar-refractivity contribution < 1.29 is 14.2 Å². The molecule has 0 aromatic rings. The molecule has 3 nitrogen and oxygen atoms in total. The van der Waals surface area contributed by atoms with Crippen LogP contribution in [0, 0.1) is 0 Å². The fourth-order valence-electron chi connectivity index (χ4n) is 0.948. The van der Waals surface area contributed by atoms with Crippen LogP contribution in [-0.2, 0) is 14.2 Å². The van der Waals surface area contributed by atoms with Crippen LogP contribution in [0.15, 0.2) is 0 Å². The molecule has 0 heterocycles. The van der Waals surface area contributed by atoms with Gasteiger partial charge < -0.3 is 14.2 Å². The minimum absolute atomic E-state index is 0.242. The van der Waals surface area contributed by atoms with E-state index in [9.17, 15) is 0 Å². The molecular weight excluding hydrogens is 156 g/mol. The first kappa shape index (κ1) is 11.9. The summed E-state index contributed by atoms with van der Waals surface area (Å²) in [5.41, 5.74) is 0. The van der Waals surface area contributed by atoms with Gasteiger partial charge in [0.25, 0.3) is 0 Å². The van der Waals surface area contributed by atoms with Crippen molar-refractivity contribution in [2.75, 3.05) is 34.0 Å². The molecule has 0 aromatic heterocycles. The maximum atomic E-state index is 5.33. The van der Waals surface area contributed by atoms with Gasteiger partial charge >= 0.3 is 0 Å². The first-order valence-corrected chi connectivity index (χ1v) is 4.44. The second-order valence-corrected chi connectivity index (χ2v) is 2.71. The van der Waals surface area contributed by atoms with E-state index in [2.05, 4.69) is 6.92 Å². The van der Waals surface area contributed by atoms with Gasteiger partial charge in [0.05, 0.1) is 25.9 Å². The highest BCUT2D eigenvalue weighted by molar-refractivity contribution is 4.53. The van der Waals surface area contributed by atoms with Gasteiger partial charge in [-0.25, -0.2) is 0 Å². The topological polar surface area (TPSA) is 27.7 Å². The molecule has 12 heavy (non-hydrogen) atoms. The monoisotopic (exact) mass is 176 g/mol. The van der Waals surface area contributed by atoms with Crippen LogP contribution in [0.1, 0.15) is 19.8 Å². The van der Waals surface area contributed by atoms with E-state index < -0.39 is 0 Å². The highest BCUT2D eigenvalue weighted by Crippen LogP contribution is 2.00. The SMILES string of the molecule is CCCC(COCCOC)OC. The molecule has 0 rings (SSSR count). The van der Waals surface area contributed by atoms with Crippen molar-refractivity contribution >= 4 is 0 Å². The van der Waals surface area contributed by atoms with E-state index in [1.165, 1.54) is 0 Å². The highest BCUT2D eigenvalue weighted by atomic mass is 16.5. The smallest absolute Gasteiger partial charge is 0.0804 e. The van der Waals surface area contributed by atoms with Gasteiger partial charge in [-0.2, -0.15) is 0 Å². The van der Waals surface area contributed by atoms with Gasteiger partial charge in [-0.1, -0.05) is 13.3 Å². The quantitative estimate of drug-likeness (QED) is 0.524. The standard InChI is InChI=1S/C9H20O3/c1-4-5-9(11-3)8-12-7-6-10-2/h9H,4-8H2,1-3H3. The zero-order valence-electron chi connectivity index (χ0n) is 8.34. The van der Waals surface area contributed by atoms with E-state index in [1.807, 2.05) is 0 Å². The molecule has 0 saturated carbocycles. The van der Waals surface area contributed by atoms with E-state index in [0.717, 1.165) is 12.8 Å². The Morgan fingerprint density at radius 2 is 1.92 bits per heavy atom. The zero-order chi connectivity index (χ0) is 9.23. The molecule has 0 spiro atoms. The third kappa shape index (κ3) is 6.58. The van der Waals surface area contributed by atoms with Crippen LogP contribution in [0.2, 0.25) is 0 Å². The van der Waals surface area contributed by atoms with Gasteiger partial charge in [0, 0.05) is 14.2 Å². The van der Waals surface area contributed by atoms with Crippen molar-refractivity contribution in [1.82, 2.24) is 0 Å². The van der Waals surface area contributed by atoms with Crippen LogP contribution in [-0.4, -0.2) is 40.1 Å². The summed E-state index contributed by atoms with van der Waals surface area (Å²) in [5.74, 6) is 0. The number of methoxy groups -OCH3 is 2. The van der Waals surface area contributed by atoms with Crippen molar-refractivity contribution in [3.05, 3.63) is 0 Å². The lowest BCUT2D eigenvalue weighted by Gasteiger charge is -2.13. The van der Waals surface area contributed by atoms with Crippen molar-refractivity contribution in [3.63, 3.8) is 0 Å². The zero-order valence-corrected chi connectivity index (χ0v) is 8.34. The average molecular weight is 176 g/mol. The minimum atomic E-state index is 0.242.